The van der Waals surface area contributed by atoms with Crippen LogP contribution in [0, 0.1) is 0 Å². The lowest BCUT2D eigenvalue weighted by atomic mass is 10.1. The molecule has 0 bridgehead atoms. The lowest BCUT2D eigenvalue weighted by Crippen LogP contribution is -2.43. The van der Waals surface area contributed by atoms with Crippen molar-refractivity contribution >= 4 is 5.65 Å². The Bertz CT molecular complexity index is 836. The normalized spacial score (nSPS) is 15.7. The molecule has 0 amide bonds. The summed E-state index contributed by atoms with van der Waals surface area (Å²) in [6.07, 6.45) is 2.10. The number of nitrogens with one attached hydrogen (secondary N) is 1. The average Bonchev–Trinajstić information content (AvgIpc) is 3.01. The largest absolute Gasteiger partial charge is 0.496 e. The standard InChI is InChI=1S/C19H22N4O/c1-24-17-7-3-2-6-15(17)19-16(14-22-12-9-20-10-13-22)23-11-5-4-8-18(23)21-19/h2-8,11,20H,9-10,12-14H2,1H3. The number of ether oxygens (including phenoxy) is 1. The van der Waals surface area contributed by atoms with Crippen molar-refractivity contribution in [2.24, 2.45) is 0 Å². The monoisotopic (exact) mass is 322 g/mol. The minimum absolute atomic E-state index is 0.863. The molecule has 5 heteroatoms. The number of hydrogen-bond acceptors (Lipinski definition) is 4. The molecule has 4 rings (SSSR count). The highest BCUT2D eigenvalue weighted by molar-refractivity contribution is 5.72. The summed E-state index contributed by atoms with van der Waals surface area (Å²) in [6, 6.07) is 14.3. The Labute approximate surface area is 141 Å². The molecule has 0 radical (unpaired) electrons. The fourth-order valence-electron chi connectivity index (χ4n) is 3.33. The highest BCUT2D eigenvalue weighted by Crippen LogP contribution is 2.32. The predicted molar refractivity (Wildman–Crippen MR) is 95.3 cm³/mol. The summed E-state index contributed by atoms with van der Waals surface area (Å²) in [6.45, 7) is 5.10. The predicted octanol–water partition coefficient (Wildman–Crippen LogP) is 2.42. The fraction of sp³-hybridized carbons (Fsp3) is 0.316. The van der Waals surface area contributed by atoms with Crippen LogP contribution in [0.1, 0.15) is 5.69 Å². The van der Waals surface area contributed by atoms with E-state index in [9.17, 15) is 0 Å². The van der Waals surface area contributed by atoms with Gasteiger partial charge < -0.3 is 14.5 Å². The quantitative estimate of drug-likeness (QED) is 0.801. The Kier molecular flexibility index (Phi) is 4.19. The van der Waals surface area contributed by atoms with Crippen LogP contribution in [0.25, 0.3) is 16.9 Å². The van der Waals surface area contributed by atoms with Crippen molar-refractivity contribution in [3.05, 3.63) is 54.4 Å². The molecular weight excluding hydrogens is 300 g/mol. The third-order valence-electron chi connectivity index (χ3n) is 4.57. The van der Waals surface area contributed by atoms with Crippen LogP contribution in [0.4, 0.5) is 0 Å². The number of hydrogen-bond donors (Lipinski definition) is 1. The molecule has 24 heavy (non-hydrogen) atoms. The van der Waals surface area contributed by atoms with Crippen LogP contribution in [0.15, 0.2) is 48.7 Å². The zero-order valence-corrected chi connectivity index (χ0v) is 13.9. The molecule has 0 unspecified atom stereocenters. The molecule has 1 aliphatic rings. The average molecular weight is 322 g/mol. The van der Waals surface area contributed by atoms with E-state index >= 15 is 0 Å². The number of nitrogens with zero attached hydrogens (tertiary/aromatic N) is 3. The summed E-state index contributed by atoms with van der Waals surface area (Å²) < 4.78 is 7.77. The van der Waals surface area contributed by atoms with Crippen molar-refractivity contribution < 1.29 is 4.74 Å². The molecule has 0 saturated carbocycles. The molecule has 2 aromatic heterocycles. The summed E-state index contributed by atoms with van der Waals surface area (Å²) in [7, 11) is 1.71. The Balaban J connectivity index is 1.83. The van der Waals surface area contributed by atoms with Crippen LogP contribution >= 0.6 is 0 Å². The van der Waals surface area contributed by atoms with Gasteiger partial charge in [0.25, 0.3) is 0 Å². The van der Waals surface area contributed by atoms with Gasteiger partial charge >= 0.3 is 0 Å². The summed E-state index contributed by atoms with van der Waals surface area (Å²) >= 11 is 0. The lowest BCUT2D eigenvalue weighted by molar-refractivity contribution is 0.230. The van der Waals surface area contributed by atoms with E-state index < -0.39 is 0 Å². The second kappa shape index (κ2) is 6.63. The van der Waals surface area contributed by atoms with Gasteiger partial charge in [0.1, 0.15) is 11.4 Å². The molecular formula is C19H22N4O. The Morgan fingerprint density at radius 1 is 1.08 bits per heavy atom. The molecule has 1 aromatic carbocycles. The van der Waals surface area contributed by atoms with Crippen molar-refractivity contribution in [1.82, 2.24) is 19.6 Å². The minimum Gasteiger partial charge on any atom is -0.496 e. The highest BCUT2D eigenvalue weighted by Gasteiger charge is 2.20. The van der Waals surface area contributed by atoms with E-state index in [0.29, 0.717) is 0 Å². The van der Waals surface area contributed by atoms with Crippen molar-refractivity contribution in [3.63, 3.8) is 0 Å². The molecule has 0 spiro atoms. The number of rotatable bonds is 4. The third-order valence-corrected chi connectivity index (χ3v) is 4.57. The number of pyridine rings is 1. The summed E-state index contributed by atoms with van der Waals surface area (Å²) in [5, 5.41) is 3.41. The zero-order chi connectivity index (χ0) is 16.4. The zero-order valence-electron chi connectivity index (χ0n) is 13.9. The second-order valence-corrected chi connectivity index (χ2v) is 6.06. The van der Waals surface area contributed by atoms with Gasteiger partial charge in [0.2, 0.25) is 0 Å². The molecule has 0 atom stereocenters. The summed E-state index contributed by atoms with van der Waals surface area (Å²) in [5.74, 6) is 0.863. The first-order valence-electron chi connectivity index (χ1n) is 8.39. The third kappa shape index (κ3) is 2.77. The van der Waals surface area contributed by atoms with E-state index in [4.69, 9.17) is 9.72 Å². The molecule has 1 N–H and O–H groups in total. The number of methoxy groups -OCH3 is 1. The molecule has 1 saturated heterocycles. The molecule has 1 fully saturated rings. The number of imidazole rings is 1. The van der Waals surface area contributed by atoms with Gasteiger partial charge in [-0.2, -0.15) is 0 Å². The number of fused-ring (bicyclic) bond motifs is 1. The molecule has 3 heterocycles. The van der Waals surface area contributed by atoms with Gasteiger partial charge in [0.15, 0.2) is 0 Å². The van der Waals surface area contributed by atoms with Gasteiger partial charge in [-0.25, -0.2) is 4.98 Å². The molecule has 1 aliphatic heterocycles. The van der Waals surface area contributed by atoms with Crippen LogP contribution in [0.3, 0.4) is 0 Å². The first-order valence-corrected chi connectivity index (χ1v) is 8.39. The van der Waals surface area contributed by atoms with Crippen molar-refractivity contribution in [3.8, 4) is 17.0 Å². The first kappa shape index (κ1) is 15.2. The Morgan fingerprint density at radius 2 is 1.88 bits per heavy atom. The van der Waals surface area contributed by atoms with E-state index in [0.717, 1.165) is 55.4 Å². The van der Waals surface area contributed by atoms with E-state index in [-0.39, 0.29) is 0 Å². The van der Waals surface area contributed by atoms with Crippen molar-refractivity contribution in [1.29, 1.82) is 0 Å². The van der Waals surface area contributed by atoms with E-state index in [2.05, 4.69) is 39.0 Å². The minimum atomic E-state index is 0.863. The number of para-hydroxylation sites is 1. The van der Waals surface area contributed by atoms with E-state index in [1.807, 2.05) is 24.3 Å². The van der Waals surface area contributed by atoms with Crippen LogP contribution in [0.2, 0.25) is 0 Å². The van der Waals surface area contributed by atoms with Crippen LogP contribution in [-0.4, -0.2) is 47.6 Å². The van der Waals surface area contributed by atoms with Gasteiger partial charge in [0.05, 0.1) is 18.5 Å². The topological polar surface area (TPSA) is 41.8 Å². The molecule has 5 nitrogen and oxygen atoms in total. The van der Waals surface area contributed by atoms with Gasteiger partial charge in [-0.1, -0.05) is 18.2 Å². The maximum Gasteiger partial charge on any atom is 0.137 e. The second-order valence-electron chi connectivity index (χ2n) is 6.06. The Hall–Kier alpha value is -2.37. The highest BCUT2D eigenvalue weighted by atomic mass is 16.5. The van der Waals surface area contributed by atoms with Gasteiger partial charge in [-0.05, 0) is 24.3 Å². The van der Waals surface area contributed by atoms with E-state index in [1.54, 1.807) is 7.11 Å². The number of benzene rings is 1. The van der Waals surface area contributed by atoms with Gasteiger partial charge in [-0.15, -0.1) is 0 Å². The van der Waals surface area contributed by atoms with E-state index in [1.165, 1.54) is 5.69 Å². The summed E-state index contributed by atoms with van der Waals surface area (Å²) in [5.41, 5.74) is 4.26. The maximum atomic E-state index is 5.57. The van der Waals surface area contributed by atoms with Crippen molar-refractivity contribution in [2.45, 2.75) is 6.54 Å². The number of aromatic nitrogens is 2. The smallest absolute Gasteiger partial charge is 0.137 e. The van der Waals surface area contributed by atoms with Crippen molar-refractivity contribution in [2.75, 3.05) is 33.3 Å². The van der Waals surface area contributed by atoms with Crippen LogP contribution < -0.4 is 10.1 Å². The van der Waals surface area contributed by atoms with Crippen LogP contribution in [0.5, 0.6) is 5.75 Å². The van der Waals surface area contributed by atoms with Gasteiger partial charge in [0, 0.05) is 44.5 Å². The molecule has 0 aliphatic carbocycles. The summed E-state index contributed by atoms with van der Waals surface area (Å²) in [4.78, 5) is 7.38. The maximum absolute atomic E-state index is 5.57. The van der Waals surface area contributed by atoms with Crippen LogP contribution in [-0.2, 0) is 6.54 Å². The SMILES string of the molecule is COc1ccccc1-c1nc2ccccn2c1CN1CCNCC1. The fourth-order valence-corrected chi connectivity index (χ4v) is 3.33. The Morgan fingerprint density at radius 3 is 2.71 bits per heavy atom. The lowest BCUT2D eigenvalue weighted by Gasteiger charge is -2.27. The van der Waals surface area contributed by atoms with Gasteiger partial charge in [-0.3, -0.25) is 4.90 Å². The molecule has 3 aromatic rings. The number of piperazine rings is 1. The first-order chi connectivity index (χ1) is 11.9. The molecule has 124 valence electrons.